The Morgan fingerprint density at radius 2 is 2.11 bits per heavy atom. The maximum absolute atomic E-state index is 12.6. The highest BCUT2D eigenvalue weighted by atomic mass is 19.4. The third-order valence-corrected chi connectivity index (χ3v) is 2.86. The minimum absolute atomic E-state index is 0.107. The van der Waals surface area contributed by atoms with E-state index in [-0.39, 0.29) is 6.04 Å². The molecule has 1 heterocycles. The molecule has 0 aliphatic carbocycles. The van der Waals surface area contributed by atoms with Crippen molar-refractivity contribution in [2.24, 2.45) is 0 Å². The van der Waals surface area contributed by atoms with E-state index in [4.69, 9.17) is 4.52 Å². The number of aromatic nitrogens is 1. The van der Waals surface area contributed by atoms with E-state index in [2.05, 4.69) is 10.5 Å². The van der Waals surface area contributed by atoms with Crippen LogP contribution in [0.15, 0.2) is 22.7 Å². The van der Waals surface area contributed by atoms with E-state index in [1.807, 2.05) is 6.92 Å². The number of benzene rings is 1. The average molecular weight is 258 g/mol. The summed E-state index contributed by atoms with van der Waals surface area (Å²) >= 11 is 0. The quantitative estimate of drug-likeness (QED) is 0.919. The molecule has 1 aromatic heterocycles. The number of likely N-dealkylation sites (N-methyl/N-ethyl adjacent to an activating group) is 1. The first-order valence-corrected chi connectivity index (χ1v) is 5.54. The summed E-state index contributed by atoms with van der Waals surface area (Å²) in [4.78, 5) is 0. The van der Waals surface area contributed by atoms with Crippen molar-refractivity contribution in [3.05, 3.63) is 29.5 Å². The van der Waals surface area contributed by atoms with Gasteiger partial charge in [0.05, 0.1) is 5.56 Å². The molecule has 0 amide bonds. The van der Waals surface area contributed by atoms with Gasteiger partial charge in [-0.3, -0.25) is 0 Å². The van der Waals surface area contributed by atoms with Gasteiger partial charge >= 0.3 is 6.18 Å². The van der Waals surface area contributed by atoms with Crippen LogP contribution in [0, 0.1) is 0 Å². The predicted molar refractivity (Wildman–Crippen MR) is 61.2 cm³/mol. The zero-order valence-electron chi connectivity index (χ0n) is 10.0. The molecule has 1 aromatic carbocycles. The molecule has 0 fully saturated rings. The first-order valence-electron chi connectivity index (χ1n) is 5.54. The van der Waals surface area contributed by atoms with Crippen LogP contribution in [0.3, 0.4) is 0 Å². The van der Waals surface area contributed by atoms with Crippen molar-refractivity contribution in [1.29, 1.82) is 0 Å². The summed E-state index contributed by atoms with van der Waals surface area (Å²) in [7, 11) is 1.78. The summed E-state index contributed by atoms with van der Waals surface area (Å²) in [5.41, 5.74) is -0.238. The molecular formula is C12H13F3N2O. The molecule has 6 heteroatoms. The molecule has 1 atom stereocenters. The summed E-state index contributed by atoms with van der Waals surface area (Å²) in [6, 6.07) is 3.53. The van der Waals surface area contributed by atoms with Crippen LogP contribution in [-0.2, 0) is 12.6 Å². The van der Waals surface area contributed by atoms with Gasteiger partial charge in [0.15, 0.2) is 0 Å². The number of nitrogens with one attached hydrogen (secondary N) is 1. The lowest BCUT2D eigenvalue weighted by Gasteiger charge is -2.08. The van der Waals surface area contributed by atoms with Gasteiger partial charge in [0, 0.05) is 17.8 Å². The van der Waals surface area contributed by atoms with Crippen LogP contribution in [0.25, 0.3) is 10.9 Å². The Kier molecular flexibility index (Phi) is 3.30. The average Bonchev–Trinajstić information content (AvgIpc) is 2.70. The van der Waals surface area contributed by atoms with Gasteiger partial charge in [-0.25, -0.2) is 0 Å². The fraction of sp³-hybridized carbons (Fsp3) is 0.417. The monoisotopic (exact) mass is 258 g/mol. The van der Waals surface area contributed by atoms with Crippen LogP contribution in [0.1, 0.15) is 18.2 Å². The number of hydrogen-bond acceptors (Lipinski definition) is 3. The summed E-state index contributed by atoms with van der Waals surface area (Å²) in [6.07, 6.45) is -3.86. The first-order chi connectivity index (χ1) is 8.41. The molecule has 1 N–H and O–H groups in total. The number of alkyl halides is 3. The lowest BCUT2D eigenvalue weighted by atomic mass is 10.1. The molecule has 0 saturated heterocycles. The van der Waals surface area contributed by atoms with Crippen LogP contribution in [0.4, 0.5) is 13.2 Å². The van der Waals surface area contributed by atoms with Crippen LogP contribution >= 0.6 is 0 Å². The predicted octanol–water partition coefficient (Wildman–Crippen LogP) is 3.00. The highest BCUT2D eigenvalue weighted by Crippen LogP contribution is 2.32. The summed E-state index contributed by atoms with van der Waals surface area (Å²) < 4.78 is 43.0. The van der Waals surface area contributed by atoms with E-state index < -0.39 is 11.7 Å². The maximum Gasteiger partial charge on any atom is 0.416 e. The Labute approximate surface area is 102 Å². The second-order valence-corrected chi connectivity index (χ2v) is 4.23. The Morgan fingerprint density at radius 3 is 2.72 bits per heavy atom. The van der Waals surface area contributed by atoms with Gasteiger partial charge in [0.25, 0.3) is 0 Å². The van der Waals surface area contributed by atoms with Crippen LogP contribution < -0.4 is 5.32 Å². The molecule has 0 bridgehead atoms. The summed E-state index contributed by atoms with van der Waals surface area (Å²) in [6.45, 7) is 1.92. The molecule has 98 valence electrons. The van der Waals surface area contributed by atoms with Crippen molar-refractivity contribution >= 4 is 10.9 Å². The van der Waals surface area contributed by atoms with E-state index in [1.54, 1.807) is 7.05 Å². The van der Waals surface area contributed by atoms with Crippen molar-refractivity contribution in [1.82, 2.24) is 10.5 Å². The Morgan fingerprint density at radius 1 is 1.39 bits per heavy atom. The van der Waals surface area contributed by atoms with E-state index in [1.165, 1.54) is 6.07 Å². The molecular weight excluding hydrogens is 245 g/mol. The first kappa shape index (κ1) is 12.9. The third kappa shape index (κ3) is 2.48. The number of fused-ring (bicyclic) bond motifs is 1. The van der Waals surface area contributed by atoms with Crippen molar-refractivity contribution < 1.29 is 17.7 Å². The Balaban J connectivity index is 2.43. The number of hydrogen-bond donors (Lipinski definition) is 1. The SMILES string of the molecule is CNC(C)Cc1onc2ccc(C(F)(F)F)cc12. The molecule has 0 aliphatic heterocycles. The van der Waals surface area contributed by atoms with Gasteiger partial charge in [-0.15, -0.1) is 0 Å². The normalized spacial score (nSPS) is 14.1. The highest BCUT2D eigenvalue weighted by Gasteiger charge is 2.31. The van der Waals surface area contributed by atoms with Crippen molar-refractivity contribution in [2.75, 3.05) is 7.05 Å². The molecule has 0 saturated carbocycles. The minimum Gasteiger partial charge on any atom is -0.360 e. The number of halogens is 3. The zero-order chi connectivity index (χ0) is 13.3. The number of nitrogens with zero attached hydrogens (tertiary/aromatic N) is 1. The minimum atomic E-state index is -4.35. The van der Waals surface area contributed by atoms with Crippen LogP contribution in [-0.4, -0.2) is 18.2 Å². The third-order valence-electron chi connectivity index (χ3n) is 2.86. The van der Waals surface area contributed by atoms with Gasteiger partial charge in [0.1, 0.15) is 11.3 Å². The van der Waals surface area contributed by atoms with Crippen molar-refractivity contribution in [3.8, 4) is 0 Å². The molecule has 2 rings (SSSR count). The second-order valence-electron chi connectivity index (χ2n) is 4.23. The standard InChI is InChI=1S/C12H13F3N2O/c1-7(16-2)5-11-9-6-8(12(13,14)15)3-4-10(9)17-18-11/h3-4,6-7,16H,5H2,1-2H3. The Hall–Kier alpha value is -1.56. The molecule has 3 nitrogen and oxygen atoms in total. The topological polar surface area (TPSA) is 38.1 Å². The number of rotatable bonds is 3. The lowest BCUT2D eigenvalue weighted by molar-refractivity contribution is -0.137. The Bertz CT molecular complexity index is 548. The van der Waals surface area contributed by atoms with Crippen LogP contribution in [0.5, 0.6) is 0 Å². The fourth-order valence-corrected chi connectivity index (χ4v) is 1.70. The molecule has 0 spiro atoms. The highest BCUT2D eigenvalue weighted by molar-refractivity contribution is 5.81. The van der Waals surface area contributed by atoms with E-state index in [0.29, 0.717) is 23.1 Å². The molecule has 1 unspecified atom stereocenters. The summed E-state index contributed by atoms with van der Waals surface area (Å²) in [5, 5.41) is 7.18. The second kappa shape index (κ2) is 4.61. The fourth-order valence-electron chi connectivity index (χ4n) is 1.70. The van der Waals surface area contributed by atoms with Crippen molar-refractivity contribution in [2.45, 2.75) is 25.6 Å². The zero-order valence-corrected chi connectivity index (χ0v) is 10.0. The molecule has 0 radical (unpaired) electrons. The van der Waals surface area contributed by atoms with Gasteiger partial charge in [-0.05, 0) is 32.2 Å². The van der Waals surface area contributed by atoms with Gasteiger partial charge in [0.2, 0.25) is 0 Å². The lowest BCUT2D eigenvalue weighted by Crippen LogP contribution is -2.23. The van der Waals surface area contributed by atoms with E-state index in [0.717, 1.165) is 12.1 Å². The molecule has 18 heavy (non-hydrogen) atoms. The molecule has 0 aliphatic rings. The summed E-state index contributed by atoms with van der Waals surface area (Å²) in [5.74, 6) is 0.470. The largest absolute Gasteiger partial charge is 0.416 e. The van der Waals surface area contributed by atoms with E-state index in [9.17, 15) is 13.2 Å². The van der Waals surface area contributed by atoms with Crippen molar-refractivity contribution in [3.63, 3.8) is 0 Å². The van der Waals surface area contributed by atoms with E-state index >= 15 is 0 Å². The smallest absolute Gasteiger partial charge is 0.360 e. The van der Waals surface area contributed by atoms with Crippen LogP contribution in [0.2, 0.25) is 0 Å². The van der Waals surface area contributed by atoms with Gasteiger partial charge in [-0.2, -0.15) is 13.2 Å². The van der Waals surface area contributed by atoms with Gasteiger partial charge in [-0.1, -0.05) is 5.16 Å². The maximum atomic E-state index is 12.6. The van der Waals surface area contributed by atoms with Gasteiger partial charge < -0.3 is 9.84 Å². The molecule has 2 aromatic rings.